The number of hydrogen-bond donors (Lipinski definition) is 0. The summed E-state index contributed by atoms with van der Waals surface area (Å²) < 4.78 is 5.15. The first-order valence-electron chi connectivity index (χ1n) is 5.75. The molecule has 2 aliphatic rings. The van der Waals surface area contributed by atoms with Gasteiger partial charge >= 0.3 is 0 Å². The minimum absolute atomic E-state index is 0.0436. The summed E-state index contributed by atoms with van der Waals surface area (Å²) in [5.41, 5.74) is 0. The van der Waals surface area contributed by atoms with Gasteiger partial charge in [-0.3, -0.25) is 4.79 Å². The number of hydrogen-bond acceptors (Lipinski definition) is 3. The molecule has 4 nitrogen and oxygen atoms in total. The maximum atomic E-state index is 12.0. The van der Waals surface area contributed by atoms with Crippen molar-refractivity contribution < 1.29 is 9.21 Å². The summed E-state index contributed by atoms with van der Waals surface area (Å²) >= 11 is 0. The van der Waals surface area contributed by atoms with Crippen LogP contribution in [0.4, 0.5) is 0 Å². The zero-order chi connectivity index (χ0) is 11.1. The van der Waals surface area contributed by atoms with E-state index < -0.39 is 0 Å². The second kappa shape index (κ2) is 3.63. The molecule has 3 rings (SSSR count). The smallest absolute Gasteiger partial charge is 0.289 e. The van der Waals surface area contributed by atoms with Crippen molar-refractivity contribution in [1.82, 2.24) is 9.80 Å². The van der Waals surface area contributed by atoms with Gasteiger partial charge in [0.2, 0.25) is 0 Å². The van der Waals surface area contributed by atoms with Crippen LogP contribution in [0, 0.1) is 11.8 Å². The van der Waals surface area contributed by atoms with Gasteiger partial charge < -0.3 is 14.2 Å². The zero-order valence-corrected chi connectivity index (χ0v) is 9.43. The Morgan fingerprint density at radius 3 is 2.56 bits per heavy atom. The summed E-state index contributed by atoms with van der Waals surface area (Å²) in [5, 5.41) is 0. The average molecular weight is 220 g/mol. The fraction of sp³-hybridized carbons (Fsp3) is 0.583. The minimum Gasteiger partial charge on any atom is -0.459 e. The van der Waals surface area contributed by atoms with E-state index in [4.69, 9.17) is 4.42 Å². The van der Waals surface area contributed by atoms with Gasteiger partial charge in [0.05, 0.1) is 6.26 Å². The van der Waals surface area contributed by atoms with Gasteiger partial charge in [0, 0.05) is 26.2 Å². The van der Waals surface area contributed by atoms with Crippen LogP contribution in [0.3, 0.4) is 0 Å². The molecule has 2 atom stereocenters. The number of fused-ring (bicyclic) bond motifs is 1. The van der Waals surface area contributed by atoms with Gasteiger partial charge in [-0.15, -0.1) is 0 Å². The molecule has 0 spiro atoms. The molecule has 0 N–H and O–H groups in total. The predicted molar refractivity (Wildman–Crippen MR) is 59.1 cm³/mol. The van der Waals surface area contributed by atoms with Gasteiger partial charge in [-0.1, -0.05) is 0 Å². The van der Waals surface area contributed by atoms with Crippen molar-refractivity contribution in [3.8, 4) is 0 Å². The number of carbonyl (C=O) groups is 1. The molecule has 2 unspecified atom stereocenters. The number of furan rings is 1. The molecule has 86 valence electrons. The summed E-state index contributed by atoms with van der Waals surface area (Å²) in [6.07, 6.45) is 1.55. The van der Waals surface area contributed by atoms with Gasteiger partial charge in [-0.05, 0) is 31.0 Å². The number of carbonyl (C=O) groups excluding carboxylic acids is 1. The molecule has 0 saturated carbocycles. The third-order valence-corrected chi connectivity index (χ3v) is 3.69. The van der Waals surface area contributed by atoms with Crippen LogP contribution in [0.5, 0.6) is 0 Å². The Kier molecular flexibility index (Phi) is 2.24. The lowest BCUT2D eigenvalue weighted by Gasteiger charge is -2.17. The van der Waals surface area contributed by atoms with E-state index in [9.17, 15) is 4.79 Å². The topological polar surface area (TPSA) is 36.7 Å². The van der Waals surface area contributed by atoms with Crippen LogP contribution >= 0.6 is 0 Å². The lowest BCUT2D eigenvalue weighted by molar-refractivity contribution is 0.0744. The fourth-order valence-corrected chi connectivity index (χ4v) is 2.95. The van der Waals surface area contributed by atoms with E-state index in [0.717, 1.165) is 26.2 Å². The van der Waals surface area contributed by atoms with Gasteiger partial charge in [0.25, 0.3) is 5.91 Å². The Balaban J connectivity index is 1.69. The fourth-order valence-electron chi connectivity index (χ4n) is 2.95. The Morgan fingerprint density at radius 2 is 2.00 bits per heavy atom. The Bertz CT molecular complexity index is 374. The van der Waals surface area contributed by atoms with Crippen LogP contribution in [-0.2, 0) is 0 Å². The van der Waals surface area contributed by atoms with E-state index in [1.807, 2.05) is 4.90 Å². The molecule has 3 heterocycles. The molecule has 2 saturated heterocycles. The van der Waals surface area contributed by atoms with Crippen molar-refractivity contribution in [3.63, 3.8) is 0 Å². The molecule has 0 aromatic carbocycles. The Hall–Kier alpha value is -1.29. The van der Waals surface area contributed by atoms with E-state index in [1.165, 1.54) is 0 Å². The number of rotatable bonds is 1. The largest absolute Gasteiger partial charge is 0.459 e. The molecule has 2 fully saturated rings. The maximum absolute atomic E-state index is 12.0. The lowest BCUT2D eigenvalue weighted by atomic mass is 10.0. The van der Waals surface area contributed by atoms with Crippen molar-refractivity contribution in [1.29, 1.82) is 0 Å². The summed E-state index contributed by atoms with van der Waals surface area (Å²) in [6.45, 7) is 4.00. The SMILES string of the molecule is CN1CC2CN(C(=O)c3ccco3)CC2C1. The quantitative estimate of drug-likeness (QED) is 0.706. The molecule has 0 bridgehead atoms. The molecule has 1 amide bonds. The average Bonchev–Trinajstić information content (AvgIpc) is 2.89. The lowest BCUT2D eigenvalue weighted by Crippen LogP contribution is -2.32. The van der Waals surface area contributed by atoms with Gasteiger partial charge in [0.15, 0.2) is 5.76 Å². The highest BCUT2D eigenvalue weighted by molar-refractivity contribution is 5.91. The third kappa shape index (κ3) is 1.53. The molecular formula is C12H16N2O2. The second-order valence-corrected chi connectivity index (χ2v) is 4.93. The van der Waals surface area contributed by atoms with Crippen molar-refractivity contribution in [2.24, 2.45) is 11.8 Å². The molecule has 16 heavy (non-hydrogen) atoms. The van der Waals surface area contributed by atoms with E-state index in [1.54, 1.807) is 18.4 Å². The first kappa shape index (κ1) is 9.90. The van der Waals surface area contributed by atoms with Crippen LogP contribution < -0.4 is 0 Å². The number of amides is 1. The first-order chi connectivity index (χ1) is 7.74. The summed E-state index contributed by atoms with van der Waals surface area (Å²) in [6, 6.07) is 3.50. The van der Waals surface area contributed by atoms with Crippen LogP contribution in [0.2, 0.25) is 0 Å². The van der Waals surface area contributed by atoms with Crippen molar-refractivity contribution in [2.45, 2.75) is 0 Å². The molecule has 1 aromatic heterocycles. The molecule has 0 aliphatic carbocycles. The van der Waals surface area contributed by atoms with E-state index in [0.29, 0.717) is 17.6 Å². The summed E-state index contributed by atoms with van der Waals surface area (Å²) in [7, 11) is 2.15. The van der Waals surface area contributed by atoms with Crippen molar-refractivity contribution >= 4 is 5.91 Å². The molecule has 2 aliphatic heterocycles. The normalized spacial score (nSPS) is 29.7. The van der Waals surface area contributed by atoms with Crippen molar-refractivity contribution in [3.05, 3.63) is 24.2 Å². The van der Waals surface area contributed by atoms with Crippen LogP contribution in [0.1, 0.15) is 10.6 Å². The summed E-state index contributed by atoms with van der Waals surface area (Å²) in [5.74, 6) is 1.82. The first-order valence-corrected chi connectivity index (χ1v) is 5.75. The summed E-state index contributed by atoms with van der Waals surface area (Å²) in [4.78, 5) is 16.3. The highest BCUT2D eigenvalue weighted by Gasteiger charge is 2.40. The van der Waals surface area contributed by atoms with Crippen LogP contribution in [0.15, 0.2) is 22.8 Å². The van der Waals surface area contributed by atoms with E-state index in [-0.39, 0.29) is 5.91 Å². The van der Waals surface area contributed by atoms with Crippen molar-refractivity contribution in [2.75, 3.05) is 33.2 Å². The zero-order valence-electron chi connectivity index (χ0n) is 9.43. The molecular weight excluding hydrogens is 204 g/mol. The maximum Gasteiger partial charge on any atom is 0.289 e. The van der Waals surface area contributed by atoms with Gasteiger partial charge in [0.1, 0.15) is 0 Å². The van der Waals surface area contributed by atoms with Crippen LogP contribution in [0.25, 0.3) is 0 Å². The van der Waals surface area contributed by atoms with Gasteiger partial charge in [-0.25, -0.2) is 0 Å². The predicted octanol–water partition coefficient (Wildman–Crippen LogP) is 0.913. The minimum atomic E-state index is 0.0436. The molecule has 0 radical (unpaired) electrons. The monoisotopic (exact) mass is 220 g/mol. The molecule has 4 heteroatoms. The second-order valence-electron chi connectivity index (χ2n) is 4.93. The standard InChI is InChI=1S/C12H16N2O2/c1-13-5-9-7-14(8-10(9)6-13)12(15)11-3-2-4-16-11/h2-4,9-10H,5-8H2,1H3. The van der Waals surface area contributed by atoms with Crippen LogP contribution in [-0.4, -0.2) is 48.9 Å². The number of likely N-dealkylation sites (tertiary alicyclic amines) is 2. The third-order valence-electron chi connectivity index (χ3n) is 3.69. The Morgan fingerprint density at radius 1 is 1.31 bits per heavy atom. The Labute approximate surface area is 94.8 Å². The molecule has 1 aromatic rings. The number of nitrogens with zero attached hydrogens (tertiary/aromatic N) is 2. The van der Waals surface area contributed by atoms with Gasteiger partial charge in [-0.2, -0.15) is 0 Å². The van der Waals surface area contributed by atoms with E-state index >= 15 is 0 Å². The highest BCUT2D eigenvalue weighted by atomic mass is 16.3. The van der Waals surface area contributed by atoms with E-state index in [2.05, 4.69) is 11.9 Å². The highest BCUT2D eigenvalue weighted by Crippen LogP contribution is 2.30.